The molecule has 4 heteroatoms. The molecule has 1 aliphatic rings. The van der Waals surface area contributed by atoms with Gasteiger partial charge in [0.1, 0.15) is 23.2 Å². The molecule has 1 unspecified atom stereocenters. The lowest BCUT2D eigenvalue weighted by molar-refractivity contribution is 0.151. The second-order valence-electron chi connectivity index (χ2n) is 8.77. The van der Waals surface area contributed by atoms with Gasteiger partial charge < -0.3 is 19.1 Å². The van der Waals surface area contributed by atoms with E-state index in [1.54, 1.807) is 7.11 Å². The molecule has 4 aromatic rings. The fourth-order valence-corrected chi connectivity index (χ4v) is 4.50. The van der Waals surface area contributed by atoms with E-state index in [9.17, 15) is 5.11 Å². The molecule has 0 amide bonds. The molecule has 0 spiro atoms. The monoisotopic (exact) mass is 425 g/mol. The van der Waals surface area contributed by atoms with Crippen LogP contribution in [0.2, 0.25) is 0 Å². The van der Waals surface area contributed by atoms with Crippen LogP contribution in [-0.2, 0) is 6.54 Å². The highest BCUT2D eigenvalue weighted by molar-refractivity contribution is 5.84. The van der Waals surface area contributed by atoms with E-state index >= 15 is 0 Å². The Morgan fingerprint density at radius 2 is 1.72 bits per heavy atom. The summed E-state index contributed by atoms with van der Waals surface area (Å²) in [5.41, 5.74) is 4.33. The quantitative estimate of drug-likeness (QED) is 0.427. The van der Waals surface area contributed by atoms with Crippen molar-refractivity contribution in [1.82, 2.24) is 4.57 Å². The van der Waals surface area contributed by atoms with Crippen LogP contribution in [0, 0.1) is 0 Å². The molecule has 3 aromatic carbocycles. The van der Waals surface area contributed by atoms with E-state index in [4.69, 9.17) is 9.47 Å². The van der Waals surface area contributed by atoms with Gasteiger partial charge in [0.15, 0.2) is 0 Å². The van der Waals surface area contributed by atoms with E-state index in [0.717, 1.165) is 39.2 Å². The zero-order valence-electron chi connectivity index (χ0n) is 18.6. The topological polar surface area (TPSA) is 43.6 Å². The number of aliphatic hydroxyl groups is 1. The number of ether oxygens (including phenoxy) is 2. The van der Waals surface area contributed by atoms with Crippen molar-refractivity contribution in [2.75, 3.05) is 7.11 Å². The number of hydrogen-bond acceptors (Lipinski definition) is 3. The van der Waals surface area contributed by atoms with Gasteiger partial charge in [-0.25, -0.2) is 0 Å². The highest BCUT2D eigenvalue weighted by atomic mass is 16.5. The summed E-state index contributed by atoms with van der Waals surface area (Å²) in [6.07, 6.45) is 1.22. The van der Waals surface area contributed by atoms with Gasteiger partial charge in [0.05, 0.1) is 12.8 Å². The van der Waals surface area contributed by atoms with E-state index in [-0.39, 0.29) is 0 Å². The molecule has 32 heavy (non-hydrogen) atoms. The summed E-state index contributed by atoms with van der Waals surface area (Å²) in [6, 6.07) is 26.5. The minimum absolute atomic E-state index is 0.550. The first kappa shape index (κ1) is 20.4. The second-order valence-corrected chi connectivity index (χ2v) is 8.77. The molecule has 0 bridgehead atoms. The maximum Gasteiger partial charge on any atom is 0.131 e. The Morgan fingerprint density at radius 3 is 2.50 bits per heavy atom. The van der Waals surface area contributed by atoms with Crippen LogP contribution in [0.4, 0.5) is 0 Å². The van der Waals surface area contributed by atoms with E-state index in [2.05, 4.69) is 34.9 Å². The van der Waals surface area contributed by atoms with Crippen molar-refractivity contribution in [3.8, 4) is 11.5 Å². The molecule has 1 N–H and O–H groups in total. The molecule has 1 aliphatic heterocycles. The lowest BCUT2D eigenvalue weighted by Crippen LogP contribution is -2.30. The Bertz CT molecular complexity index is 1300. The van der Waals surface area contributed by atoms with Crippen molar-refractivity contribution in [2.45, 2.75) is 32.1 Å². The van der Waals surface area contributed by atoms with Crippen LogP contribution < -0.4 is 9.47 Å². The van der Waals surface area contributed by atoms with Crippen LogP contribution in [0.3, 0.4) is 0 Å². The number of fused-ring (bicyclic) bond motifs is 2. The highest BCUT2D eigenvalue weighted by Crippen LogP contribution is 2.44. The number of benzene rings is 3. The molecule has 0 saturated heterocycles. The first-order chi connectivity index (χ1) is 15.4. The fraction of sp³-hybridized carbons (Fsp3) is 0.214. The number of rotatable bonds is 5. The average molecular weight is 426 g/mol. The third kappa shape index (κ3) is 3.67. The van der Waals surface area contributed by atoms with Gasteiger partial charge in [-0.2, -0.15) is 0 Å². The van der Waals surface area contributed by atoms with Gasteiger partial charge in [-0.1, -0.05) is 48.5 Å². The van der Waals surface area contributed by atoms with Crippen molar-refractivity contribution in [3.05, 3.63) is 102 Å². The lowest BCUT2D eigenvalue weighted by atomic mass is 9.90. The number of aliphatic hydroxyl groups excluding tert-OH is 1. The summed E-state index contributed by atoms with van der Waals surface area (Å²) in [5, 5.41) is 12.8. The van der Waals surface area contributed by atoms with Crippen molar-refractivity contribution in [3.63, 3.8) is 0 Å². The Balaban J connectivity index is 1.64. The molecule has 4 nitrogen and oxygen atoms in total. The standard InChI is InChI=1S/C28H27NO3/c1-28(2)17-23(22-14-13-21(31-3)16-26(22)32-28)27(30)25-15-20-11-7-8-12-24(20)29(25)18-19-9-5-4-6-10-19/h4-17,27,30H,18H2,1-3H3. The molecule has 0 radical (unpaired) electrons. The summed E-state index contributed by atoms with van der Waals surface area (Å²) in [6.45, 7) is 4.69. The minimum Gasteiger partial charge on any atom is -0.497 e. The Hall–Kier alpha value is -3.50. The third-order valence-corrected chi connectivity index (χ3v) is 5.98. The Morgan fingerprint density at radius 1 is 0.969 bits per heavy atom. The number of aromatic nitrogens is 1. The molecule has 1 aromatic heterocycles. The third-order valence-electron chi connectivity index (χ3n) is 5.98. The molecule has 162 valence electrons. The van der Waals surface area contributed by atoms with Gasteiger partial charge >= 0.3 is 0 Å². The summed E-state index contributed by atoms with van der Waals surface area (Å²) < 4.78 is 13.8. The molecule has 2 heterocycles. The van der Waals surface area contributed by atoms with E-state index < -0.39 is 11.7 Å². The molecule has 0 fully saturated rings. The van der Waals surface area contributed by atoms with Gasteiger partial charge in [-0.15, -0.1) is 0 Å². The largest absolute Gasteiger partial charge is 0.497 e. The van der Waals surface area contributed by atoms with Crippen LogP contribution in [-0.4, -0.2) is 22.4 Å². The maximum atomic E-state index is 11.7. The van der Waals surface area contributed by atoms with E-state index in [1.807, 2.05) is 68.5 Å². The van der Waals surface area contributed by atoms with E-state index in [0.29, 0.717) is 6.54 Å². The van der Waals surface area contributed by atoms with Crippen LogP contribution in [0.25, 0.3) is 16.5 Å². The van der Waals surface area contributed by atoms with Crippen molar-refractivity contribution in [1.29, 1.82) is 0 Å². The van der Waals surface area contributed by atoms with Gasteiger partial charge in [0.2, 0.25) is 0 Å². The lowest BCUT2D eigenvalue weighted by Gasteiger charge is -2.33. The summed E-state index contributed by atoms with van der Waals surface area (Å²) in [4.78, 5) is 0. The minimum atomic E-state index is -0.804. The van der Waals surface area contributed by atoms with E-state index in [1.165, 1.54) is 5.56 Å². The van der Waals surface area contributed by atoms with Gasteiger partial charge in [0.25, 0.3) is 0 Å². The van der Waals surface area contributed by atoms with Crippen LogP contribution in [0.1, 0.15) is 36.8 Å². The molecule has 5 rings (SSSR count). The molecular formula is C28H27NO3. The number of nitrogens with zero attached hydrogens (tertiary/aromatic N) is 1. The maximum absolute atomic E-state index is 11.7. The first-order valence-corrected chi connectivity index (χ1v) is 10.9. The molecule has 1 atom stereocenters. The predicted molar refractivity (Wildman–Crippen MR) is 128 cm³/mol. The van der Waals surface area contributed by atoms with Crippen LogP contribution in [0.15, 0.2) is 84.9 Å². The smallest absolute Gasteiger partial charge is 0.131 e. The molecule has 0 aliphatic carbocycles. The fourth-order valence-electron chi connectivity index (χ4n) is 4.50. The molecule has 0 saturated carbocycles. The number of para-hydroxylation sites is 1. The Labute approximate surface area is 188 Å². The number of methoxy groups -OCH3 is 1. The first-order valence-electron chi connectivity index (χ1n) is 10.9. The van der Waals surface area contributed by atoms with Gasteiger partial charge in [-0.3, -0.25) is 0 Å². The van der Waals surface area contributed by atoms with Crippen molar-refractivity contribution >= 4 is 16.5 Å². The Kier molecular flexibility index (Phi) is 5.03. The summed E-state index contributed by atoms with van der Waals surface area (Å²) >= 11 is 0. The zero-order valence-corrected chi connectivity index (χ0v) is 18.6. The second kappa shape index (κ2) is 7.88. The van der Waals surface area contributed by atoms with Crippen molar-refractivity contribution in [2.24, 2.45) is 0 Å². The van der Waals surface area contributed by atoms with Gasteiger partial charge in [-0.05, 0) is 60.7 Å². The normalized spacial score (nSPS) is 15.6. The highest BCUT2D eigenvalue weighted by Gasteiger charge is 2.32. The summed E-state index contributed by atoms with van der Waals surface area (Å²) in [7, 11) is 1.64. The zero-order chi connectivity index (χ0) is 22.3. The van der Waals surface area contributed by atoms with Crippen molar-refractivity contribution < 1.29 is 14.6 Å². The average Bonchev–Trinajstić information content (AvgIpc) is 3.16. The summed E-state index contributed by atoms with van der Waals surface area (Å²) in [5.74, 6) is 1.45. The number of hydrogen-bond donors (Lipinski definition) is 1. The SMILES string of the molecule is COc1ccc2c(c1)OC(C)(C)C=C2C(O)c1cc2ccccc2n1Cc1ccccc1. The predicted octanol–water partition coefficient (Wildman–Crippen LogP) is 5.99. The van der Waals surface area contributed by atoms with Crippen LogP contribution in [0.5, 0.6) is 11.5 Å². The van der Waals surface area contributed by atoms with Crippen LogP contribution >= 0.6 is 0 Å². The molecular weight excluding hydrogens is 398 g/mol. The van der Waals surface area contributed by atoms with Gasteiger partial charge in [0, 0.05) is 23.7 Å².